The van der Waals surface area contributed by atoms with Crippen molar-refractivity contribution in [2.75, 3.05) is 7.11 Å². The molecule has 0 amide bonds. The Morgan fingerprint density at radius 3 is 2.82 bits per heavy atom. The van der Waals surface area contributed by atoms with Gasteiger partial charge in [0.1, 0.15) is 12.4 Å². The highest BCUT2D eigenvalue weighted by Crippen LogP contribution is 2.23. The van der Waals surface area contributed by atoms with Gasteiger partial charge >= 0.3 is 0 Å². The minimum atomic E-state index is 0.249. The third-order valence-corrected chi connectivity index (χ3v) is 2.58. The summed E-state index contributed by atoms with van der Waals surface area (Å²) in [5.74, 6) is 1.67. The normalized spacial score (nSPS) is 10.8. The largest absolute Gasteiger partial charge is 0.508 e. The van der Waals surface area contributed by atoms with E-state index in [1.54, 1.807) is 23.9 Å². The zero-order valence-corrected chi connectivity index (χ0v) is 10.1. The van der Waals surface area contributed by atoms with Crippen LogP contribution in [0.4, 0.5) is 0 Å². The Balaban J connectivity index is 2.42. The van der Waals surface area contributed by atoms with Gasteiger partial charge in [-0.3, -0.25) is 4.68 Å². The molecule has 0 atom stereocenters. The molecule has 90 valence electrons. The molecular formula is C12H15N3O2. The molecule has 0 saturated heterocycles. The van der Waals surface area contributed by atoms with Gasteiger partial charge in [-0.2, -0.15) is 5.10 Å². The number of aryl methyl sites for hydroxylation is 2. The van der Waals surface area contributed by atoms with Crippen LogP contribution in [-0.2, 0) is 18.4 Å². The second kappa shape index (κ2) is 4.55. The second-order valence-electron chi connectivity index (χ2n) is 3.91. The molecule has 0 aliphatic carbocycles. The summed E-state index contributed by atoms with van der Waals surface area (Å²) in [5, 5.41) is 13.7. The van der Waals surface area contributed by atoms with Crippen LogP contribution in [0.1, 0.15) is 11.4 Å². The van der Waals surface area contributed by atoms with Crippen molar-refractivity contribution in [2.45, 2.75) is 13.5 Å². The molecule has 5 nitrogen and oxygen atoms in total. The lowest BCUT2D eigenvalue weighted by atomic mass is 10.1. The number of aromatic nitrogens is 3. The lowest BCUT2D eigenvalue weighted by molar-refractivity contribution is 0.174. The average Bonchev–Trinajstić information content (AvgIpc) is 2.60. The summed E-state index contributed by atoms with van der Waals surface area (Å²) in [6, 6.07) is 5.15. The van der Waals surface area contributed by atoms with E-state index in [0.717, 1.165) is 17.0 Å². The number of aromatic hydroxyl groups is 1. The highest BCUT2D eigenvalue weighted by molar-refractivity contribution is 5.61. The van der Waals surface area contributed by atoms with Crippen molar-refractivity contribution in [3.05, 3.63) is 29.6 Å². The van der Waals surface area contributed by atoms with Crippen molar-refractivity contribution in [1.82, 2.24) is 14.8 Å². The Kier molecular flexibility index (Phi) is 3.10. The first-order valence-corrected chi connectivity index (χ1v) is 5.30. The van der Waals surface area contributed by atoms with Crippen molar-refractivity contribution < 1.29 is 9.84 Å². The summed E-state index contributed by atoms with van der Waals surface area (Å²) in [6.07, 6.45) is 0. The molecule has 0 radical (unpaired) electrons. The van der Waals surface area contributed by atoms with Crippen LogP contribution >= 0.6 is 0 Å². The molecule has 0 bridgehead atoms. The van der Waals surface area contributed by atoms with Crippen molar-refractivity contribution in [1.29, 1.82) is 0 Å². The van der Waals surface area contributed by atoms with Crippen LogP contribution in [0.15, 0.2) is 18.2 Å². The number of rotatable bonds is 3. The summed E-state index contributed by atoms with van der Waals surface area (Å²) in [7, 11) is 3.46. The molecule has 1 aromatic heterocycles. The monoisotopic (exact) mass is 233 g/mol. The fraction of sp³-hybridized carbons (Fsp3) is 0.333. The summed E-state index contributed by atoms with van der Waals surface area (Å²) >= 11 is 0. The van der Waals surface area contributed by atoms with Gasteiger partial charge in [0, 0.05) is 19.7 Å². The number of ether oxygens (including phenoxy) is 1. The van der Waals surface area contributed by atoms with E-state index in [0.29, 0.717) is 12.4 Å². The third kappa shape index (κ3) is 2.29. The lowest BCUT2D eigenvalue weighted by Gasteiger charge is -2.01. The van der Waals surface area contributed by atoms with Crippen molar-refractivity contribution in [3.8, 4) is 17.1 Å². The van der Waals surface area contributed by atoms with E-state index in [-0.39, 0.29) is 5.75 Å². The molecule has 0 aliphatic heterocycles. The lowest BCUT2D eigenvalue weighted by Crippen LogP contribution is -2.00. The van der Waals surface area contributed by atoms with Crippen LogP contribution in [0.25, 0.3) is 11.4 Å². The van der Waals surface area contributed by atoms with Crippen LogP contribution in [0.5, 0.6) is 5.75 Å². The molecule has 0 unspecified atom stereocenters. The van der Waals surface area contributed by atoms with Crippen molar-refractivity contribution in [3.63, 3.8) is 0 Å². The van der Waals surface area contributed by atoms with Gasteiger partial charge in [-0.05, 0) is 30.7 Å². The molecule has 0 spiro atoms. The fourth-order valence-electron chi connectivity index (χ4n) is 1.68. The van der Waals surface area contributed by atoms with E-state index in [1.807, 2.05) is 20.0 Å². The number of phenols is 1. The van der Waals surface area contributed by atoms with E-state index in [4.69, 9.17) is 4.74 Å². The Labute approximate surface area is 99.7 Å². The van der Waals surface area contributed by atoms with Gasteiger partial charge in [0.15, 0.2) is 11.6 Å². The molecule has 0 aliphatic rings. The van der Waals surface area contributed by atoms with Gasteiger partial charge in [0.05, 0.1) is 0 Å². The first-order valence-electron chi connectivity index (χ1n) is 5.30. The van der Waals surface area contributed by atoms with Crippen molar-refractivity contribution in [2.24, 2.45) is 7.05 Å². The summed E-state index contributed by atoms with van der Waals surface area (Å²) in [6.45, 7) is 2.35. The Morgan fingerprint density at radius 2 is 2.18 bits per heavy atom. The standard InChI is InChI=1S/C12H15N3O2/c1-8-6-9(16)4-5-10(8)12-13-11(7-17-3)15(2)14-12/h4-6,16H,7H2,1-3H3. The number of hydrogen-bond acceptors (Lipinski definition) is 4. The number of nitrogens with zero attached hydrogens (tertiary/aromatic N) is 3. The predicted molar refractivity (Wildman–Crippen MR) is 63.6 cm³/mol. The molecule has 17 heavy (non-hydrogen) atoms. The maximum absolute atomic E-state index is 9.36. The van der Waals surface area contributed by atoms with Gasteiger partial charge in [0.25, 0.3) is 0 Å². The van der Waals surface area contributed by atoms with Crippen molar-refractivity contribution >= 4 is 0 Å². The SMILES string of the molecule is COCc1nc(-c2ccc(O)cc2C)nn1C. The first kappa shape index (κ1) is 11.6. The summed E-state index contributed by atoms with van der Waals surface area (Å²) in [5.41, 5.74) is 1.86. The number of phenolic OH excluding ortho intramolecular Hbond substituents is 1. The van der Waals surface area contributed by atoms with E-state index in [1.165, 1.54) is 0 Å². The number of hydrogen-bond donors (Lipinski definition) is 1. The second-order valence-corrected chi connectivity index (χ2v) is 3.91. The molecule has 1 heterocycles. The molecule has 1 N–H and O–H groups in total. The molecule has 0 saturated carbocycles. The zero-order valence-electron chi connectivity index (χ0n) is 10.1. The van der Waals surface area contributed by atoms with Crippen LogP contribution in [0, 0.1) is 6.92 Å². The summed E-state index contributed by atoms with van der Waals surface area (Å²) < 4.78 is 6.74. The van der Waals surface area contributed by atoms with E-state index >= 15 is 0 Å². The fourth-order valence-corrected chi connectivity index (χ4v) is 1.68. The minimum absolute atomic E-state index is 0.249. The average molecular weight is 233 g/mol. The number of benzene rings is 1. The van der Waals surface area contributed by atoms with Crippen LogP contribution in [0.3, 0.4) is 0 Å². The molecule has 1 aromatic carbocycles. The minimum Gasteiger partial charge on any atom is -0.508 e. The highest BCUT2D eigenvalue weighted by atomic mass is 16.5. The molecule has 5 heteroatoms. The summed E-state index contributed by atoms with van der Waals surface area (Å²) in [4.78, 5) is 4.41. The van der Waals surface area contributed by atoms with E-state index < -0.39 is 0 Å². The van der Waals surface area contributed by atoms with Crippen LogP contribution < -0.4 is 0 Å². The quantitative estimate of drug-likeness (QED) is 0.875. The van der Waals surface area contributed by atoms with Gasteiger partial charge in [-0.1, -0.05) is 0 Å². The molecule has 2 rings (SSSR count). The van der Waals surface area contributed by atoms with E-state index in [2.05, 4.69) is 10.1 Å². The van der Waals surface area contributed by atoms with Gasteiger partial charge < -0.3 is 9.84 Å². The maximum atomic E-state index is 9.36. The molecule has 0 fully saturated rings. The zero-order chi connectivity index (χ0) is 12.4. The Hall–Kier alpha value is -1.88. The highest BCUT2D eigenvalue weighted by Gasteiger charge is 2.11. The Morgan fingerprint density at radius 1 is 1.41 bits per heavy atom. The van der Waals surface area contributed by atoms with Gasteiger partial charge in [-0.25, -0.2) is 4.98 Å². The smallest absolute Gasteiger partial charge is 0.181 e. The predicted octanol–water partition coefficient (Wildman–Crippen LogP) is 1.64. The first-order chi connectivity index (χ1) is 8.11. The third-order valence-electron chi connectivity index (χ3n) is 2.58. The molecule has 2 aromatic rings. The van der Waals surface area contributed by atoms with E-state index in [9.17, 15) is 5.11 Å². The van der Waals surface area contributed by atoms with Gasteiger partial charge in [-0.15, -0.1) is 0 Å². The number of methoxy groups -OCH3 is 1. The topological polar surface area (TPSA) is 60.2 Å². The van der Waals surface area contributed by atoms with Crippen LogP contribution in [-0.4, -0.2) is 27.0 Å². The molecular weight excluding hydrogens is 218 g/mol. The van der Waals surface area contributed by atoms with Gasteiger partial charge in [0.2, 0.25) is 0 Å². The van der Waals surface area contributed by atoms with Crippen LogP contribution in [0.2, 0.25) is 0 Å². The maximum Gasteiger partial charge on any atom is 0.181 e. The Bertz CT molecular complexity index is 535.